The molecule has 0 bridgehead atoms. The molecule has 3 heterocycles. The normalized spacial score (nSPS) is 24.2. The summed E-state index contributed by atoms with van der Waals surface area (Å²) in [5.41, 5.74) is 0.590. The van der Waals surface area contributed by atoms with Crippen LogP contribution in [0.1, 0.15) is 16.8 Å². The lowest BCUT2D eigenvalue weighted by Gasteiger charge is -2.37. The quantitative estimate of drug-likeness (QED) is 0.852. The molecule has 25 heavy (non-hydrogen) atoms. The molecule has 2 saturated heterocycles. The van der Waals surface area contributed by atoms with Crippen molar-refractivity contribution in [3.8, 4) is 11.5 Å². The largest absolute Gasteiger partial charge is 0.454 e. The van der Waals surface area contributed by atoms with E-state index in [1.807, 2.05) is 0 Å². The molecule has 1 N–H and O–H groups in total. The van der Waals surface area contributed by atoms with E-state index in [4.69, 9.17) is 18.9 Å². The summed E-state index contributed by atoms with van der Waals surface area (Å²) in [5.74, 6) is 1.68. The lowest BCUT2D eigenvalue weighted by Crippen LogP contribution is -2.52. The highest BCUT2D eigenvalue weighted by atomic mass is 16.7. The molecule has 0 spiro atoms. The summed E-state index contributed by atoms with van der Waals surface area (Å²) in [7, 11) is 0. The number of fused-ring (bicyclic) bond motifs is 1. The summed E-state index contributed by atoms with van der Waals surface area (Å²) in [4.78, 5) is 15.0. The molecule has 1 amide bonds. The minimum atomic E-state index is -0.0875. The summed E-state index contributed by atoms with van der Waals surface area (Å²) < 4.78 is 21.7. The molecule has 3 aliphatic rings. The number of ether oxygens (including phenoxy) is 4. The number of rotatable bonds is 5. The summed E-state index contributed by atoms with van der Waals surface area (Å²) >= 11 is 0. The Hall–Kier alpha value is -1.83. The Bertz CT molecular complexity index is 611. The van der Waals surface area contributed by atoms with Gasteiger partial charge in [-0.3, -0.25) is 9.69 Å². The average molecular weight is 348 g/mol. The smallest absolute Gasteiger partial charge is 0.251 e. The zero-order valence-corrected chi connectivity index (χ0v) is 14.2. The van der Waals surface area contributed by atoms with Crippen LogP contribution in [0.4, 0.5) is 0 Å². The molecule has 0 saturated carbocycles. The van der Waals surface area contributed by atoms with E-state index in [2.05, 4.69) is 10.2 Å². The number of hydrogen-bond donors (Lipinski definition) is 1. The van der Waals surface area contributed by atoms with E-state index >= 15 is 0 Å². The molecular formula is C18H24N2O5. The molecule has 7 heteroatoms. The maximum absolute atomic E-state index is 12.6. The van der Waals surface area contributed by atoms with Crippen molar-refractivity contribution >= 4 is 5.91 Å². The van der Waals surface area contributed by atoms with Gasteiger partial charge in [-0.1, -0.05) is 0 Å². The molecule has 1 aromatic rings. The van der Waals surface area contributed by atoms with E-state index in [-0.39, 0.29) is 18.7 Å². The number of hydrogen-bond acceptors (Lipinski definition) is 6. The Labute approximate surface area is 147 Å². The standard InChI is InChI=1S/C18H24N2O5/c21-18(13-1-2-16-17(9-13)25-12-24-16)19-10-15(14-3-6-23-11-14)20-4-7-22-8-5-20/h1-2,9,14-15H,3-8,10-12H2,(H,19,21)/t14-,15-/m0/s1. The molecule has 0 unspecified atom stereocenters. The van der Waals surface area contributed by atoms with Gasteiger partial charge < -0.3 is 24.3 Å². The highest BCUT2D eigenvalue weighted by molar-refractivity contribution is 5.94. The predicted molar refractivity (Wildman–Crippen MR) is 90.0 cm³/mol. The van der Waals surface area contributed by atoms with Gasteiger partial charge in [-0.05, 0) is 24.6 Å². The van der Waals surface area contributed by atoms with Crippen LogP contribution in [0.15, 0.2) is 18.2 Å². The monoisotopic (exact) mass is 348 g/mol. The van der Waals surface area contributed by atoms with Crippen molar-refractivity contribution in [1.82, 2.24) is 10.2 Å². The van der Waals surface area contributed by atoms with Crippen molar-refractivity contribution < 1.29 is 23.7 Å². The van der Waals surface area contributed by atoms with E-state index in [1.54, 1.807) is 18.2 Å². The highest BCUT2D eigenvalue weighted by Gasteiger charge is 2.32. The van der Waals surface area contributed by atoms with E-state index in [9.17, 15) is 4.79 Å². The van der Waals surface area contributed by atoms with Crippen molar-refractivity contribution in [2.75, 3.05) is 52.9 Å². The van der Waals surface area contributed by atoms with Gasteiger partial charge in [0.1, 0.15) is 0 Å². The van der Waals surface area contributed by atoms with Crippen LogP contribution in [0.2, 0.25) is 0 Å². The van der Waals surface area contributed by atoms with Crippen molar-refractivity contribution in [2.24, 2.45) is 5.92 Å². The molecular weight excluding hydrogens is 324 g/mol. The van der Waals surface area contributed by atoms with Crippen LogP contribution in [0.3, 0.4) is 0 Å². The van der Waals surface area contributed by atoms with Crippen LogP contribution in [0.5, 0.6) is 11.5 Å². The maximum atomic E-state index is 12.6. The van der Waals surface area contributed by atoms with Crippen LogP contribution in [0.25, 0.3) is 0 Å². The molecule has 7 nitrogen and oxygen atoms in total. The van der Waals surface area contributed by atoms with Gasteiger partial charge in [-0.15, -0.1) is 0 Å². The third kappa shape index (κ3) is 3.73. The minimum absolute atomic E-state index is 0.0875. The van der Waals surface area contributed by atoms with Gasteiger partial charge >= 0.3 is 0 Å². The molecule has 4 rings (SSSR count). The SMILES string of the molecule is O=C(NC[C@@H]([C@H]1CCOC1)N1CCOCC1)c1ccc2c(c1)OCO2. The third-order valence-corrected chi connectivity index (χ3v) is 5.13. The number of nitrogens with one attached hydrogen (secondary N) is 1. The van der Waals surface area contributed by atoms with Crippen LogP contribution >= 0.6 is 0 Å². The van der Waals surface area contributed by atoms with E-state index in [0.29, 0.717) is 29.5 Å². The van der Waals surface area contributed by atoms with Crippen LogP contribution in [0, 0.1) is 5.92 Å². The van der Waals surface area contributed by atoms with Crippen LogP contribution in [-0.2, 0) is 9.47 Å². The molecule has 2 atom stereocenters. The lowest BCUT2D eigenvalue weighted by molar-refractivity contribution is 0.00166. The maximum Gasteiger partial charge on any atom is 0.251 e. The second-order valence-corrected chi connectivity index (χ2v) is 6.62. The van der Waals surface area contributed by atoms with E-state index in [1.165, 1.54) is 0 Å². The molecule has 0 radical (unpaired) electrons. The minimum Gasteiger partial charge on any atom is -0.454 e. The predicted octanol–water partition coefficient (Wildman–Crippen LogP) is 0.882. The average Bonchev–Trinajstić information content (AvgIpc) is 3.34. The fraction of sp³-hybridized carbons (Fsp3) is 0.611. The summed E-state index contributed by atoms with van der Waals surface area (Å²) in [6.07, 6.45) is 1.04. The topological polar surface area (TPSA) is 69.3 Å². The van der Waals surface area contributed by atoms with Crippen molar-refractivity contribution in [3.63, 3.8) is 0 Å². The molecule has 136 valence electrons. The number of benzene rings is 1. The Morgan fingerprint density at radius 3 is 2.80 bits per heavy atom. The molecule has 3 aliphatic heterocycles. The second kappa shape index (κ2) is 7.59. The molecule has 0 aromatic heterocycles. The van der Waals surface area contributed by atoms with Gasteiger partial charge in [0.25, 0.3) is 5.91 Å². The number of carbonyl (C=O) groups excluding carboxylic acids is 1. The number of carbonyl (C=O) groups is 1. The number of morpholine rings is 1. The fourth-order valence-corrected chi connectivity index (χ4v) is 3.70. The zero-order valence-electron chi connectivity index (χ0n) is 14.2. The Morgan fingerprint density at radius 2 is 2.00 bits per heavy atom. The first kappa shape index (κ1) is 16.6. The van der Waals surface area contributed by atoms with Gasteiger partial charge in [-0.2, -0.15) is 0 Å². The summed E-state index contributed by atoms with van der Waals surface area (Å²) in [6.45, 7) is 5.70. The van der Waals surface area contributed by atoms with Gasteiger partial charge in [-0.25, -0.2) is 0 Å². The third-order valence-electron chi connectivity index (χ3n) is 5.13. The van der Waals surface area contributed by atoms with Crippen LogP contribution < -0.4 is 14.8 Å². The van der Waals surface area contributed by atoms with E-state index in [0.717, 1.165) is 45.9 Å². The van der Waals surface area contributed by atoms with Gasteiger partial charge in [0.05, 0.1) is 19.8 Å². The Kier molecular flexibility index (Phi) is 5.05. The van der Waals surface area contributed by atoms with Crippen molar-refractivity contribution in [2.45, 2.75) is 12.5 Å². The molecule has 0 aliphatic carbocycles. The van der Waals surface area contributed by atoms with Gasteiger partial charge in [0.2, 0.25) is 6.79 Å². The molecule has 2 fully saturated rings. The van der Waals surface area contributed by atoms with Gasteiger partial charge in [0.15, 0.2) is 11.5 Å². The Balaban J connectivity index is 1.40. The van der Waals surface area contributed by atoms with E-state index < -0.39 is 0 Å². The number of nitrogens with zero attached hydrogens (tertiary/aromatic N) is 1. The summed E-state index contributed by atoms with van der Waals surface area (Å²) in [5, 5.41) is 3.09. The first-order valence-electron chi connectivity index (χ1n) is 8.88. The highest BCUT2D eigenvalue weighted by Crippen LogP contribution is 2.32. The lowest BCUT2D eigenvalue weighted by atomic mass is 9.96. The van der Waals surface area contributed by atoms with Gasteiger partial charge in [0, 0.05) is 43.8 Å². The van der Waals surface area contributed by atoms with Crippen molar-refractivity contribution in [1.29, 1.82) is 0 Å². The second-order valence-electron chi connectivity index (χ2n) is 6.62. The Morgan fingerprint density at radius 1 is 1.16 bits per heavy atom. The first-order chi connectivity index (χ1) is 12.3. The van der Waals surface area contributed by atoms with Crippen molar-refractivity contribution in [3.05, 3.63) is 23.8 Å². The zero-order chi connectivity index (χ0) is 17.1. The van der Waals surface area contributed by atoms with Crippen LogP contribution in [-0.4, -0.2) is 69.7 Å². The number of amides is 1. The summed E-state index contributed by atoms with van der Waals surface area (Å²) in [6, 6.07) is 5.57. The fourth-order valence-electron chi connectivity index (χ4n) is 3.70. The molecule has 1 aromatic carbocycles. The first-order valence-corrected chi connectivity index (χ1v) is 8.88.